The number of nitrogens with zero attached hydrogens (tertiary/aromatic N) is 4. The van der Waals surface area contributed by atoms with Gasteiger partial charge in [-0.15, -0.1) is 0 Å². The molecule has 5 rings (SSSR count). The molecule has 1 spiro atoms. The summed E-state index contributed by atoms with van der Waals surface area (Å²) in [7, 11) is 0. The van der Waals surface area contributed by atoms with Gasteiger partial charge in [-0.1, -0.05) is 18.2 Å². The Bertz CT molecular complexity index is 1240. The number of hydrogen-bond acceptors (Lipinski definition) is 11. The van der Waals surface area contributed by atoms with Crippen LogP contribution in [0.5, 0.6) is 0 Å². The van der Waals surface area contributed by atoms with Crippen LogP contribution in [0.1, 0.15) is 24.0 Å². The molecule has 5 atom stereocenters. The van der Waals surface area contributed by atoms with E-state index in [1.807, 2.05) is 0 Å². The van der Waals surface area contributed by atoms with Crippen molar-refractivity contribution in [3.05, 3.63) is 35.4 Å². The topological polar surface area (TPSA) is 188 Å². The Morgan fingerprint density at radius 1 is 1.23 bits per heavy atom. The molecule has 0 aromatic heterocycles. The van der Waals surface area contributed by atoms with Gasteiger partial charge in [0.15, 0.2) is 23.7 Å². The lowest BCUT2D eigenvalue weighted by Gasteiger charge is -2.46. The maximum atomic E-state index is 12.9. The SMILES string of the molecule is NC1=NC2[C@H](CN3C(=O)CCC3=O)N=C(N)N3C[C@H](OC(=O)NCCc4cccc(C(F)(F)F)c4)[C@@H](O)C23N1. The maximum absolute atomic E-state index is 12.9. The van der Waals surface area contributed by atoms with Crippen LogP contribution in [0.4, 0.5) is 18.0 Å². The largest absolute Gasteiger partial charge is 0.441 e. The van der Waals surface area contributed by atoms with Gasteiger partial charge in [0.25, 0.3) is 0 Å². The number of rotatable bonds is 6. The highest BCUT2D eigenvalue weighted by molar-refractivity contribution is 6.02. The van der Waals surface area contributed by atoms with Crippen LogP contribution < -0.4 is 22.1 Å². The van der Waals surface area contributed by atoms with Crippen LogP contribution in [0.3, 0.4) is 0 Å². The molecule has 0 bridgehead atoms. The van der Waals surface area contributed by atoms with Crippen LogP contribution in [0, 0.1) is 0 Å². The zero-order valence-corrected chi connectivity index (χ0v) is 20.5. The van der Waals surface area contributed by atoms with Gasteiger partial charge in [0, 0.05) is 19.4 Å². The molecule has 1 aromatic rings. The van der Waals surface area contributed by atoms with Gasteiger partial charge in [-0.2, -0.15) is 13.2 Å². The van der Waals surface area contributed by atoms with Crippen molar-refractivity contribution >= 4 is 29.8 Å². The number of guanidine groups is 2. The van der Waals surface area contributed by atoms with Crippen LogP contribution in [-0.2, 0) is 26.9 Å². The number of benzene rings is 1. The number of aliphatic imine (C=N–C) groups is 2. The molecule has 3 amide bonds. The van der Waals surface area contributed by atoms with E-state index in [1.54, 1.807) is 0 Å². The Hall–Kier alpha value is -4.08. The van der Waals surface area contributed by atoms with Crippen molar-refractivity contribution in [2.24, 2.45) is 21.5 Å². The summed E-state index contributed by atoms with van der Waals surface area (Å²) in [4.78, 5) is 48.2. The number of nitrogens with one attached hydrogen (secondary N) is 2. The van der Waals surface area contributed by atoms with Crippen molar-refractivity contribution in [2.45, 2.75) is 55.4 Å². The number of carbonyl (C=O) groups is 3. The second-order valence-corrected chi connectivity index (χ2v) is 9.74. The minimum Gasteiger partial charge on any atom is -0.441 e. The first-order valence-corrected chi connectivity index (χ1v) is 12.2. The molecule has 7 N–H and O–H groups in total. The van der Waals surface area contributed by atoms with Crippen molar-refractivity contribution in [1.29, 1.82) is 0 Å². The molecule has 1 aromatic carbocycles. The van der Waals surface area contributed by atoms with Crippen molar-refractivity contribution in [2.75, 3.05) is 19.6 Å². The molecule has 2 saturated heterocycles. The van der Waals surface area contributed by atoms with Crippen LogP contribution in [0.15, 0.2) is 34.3 Å². The summed E-state index contributed by atoms with van der Waals surface area (Å²) in [5, 5.41) is 16.7. The molecule has 4 aliphatic heterocycles. The highest BCUT2D eigenvalue weighted by atomic mass is 19.4. The Kier molecular flexibility index (Phi) is 6.52. The van der Waals surface area contributed by atoms with E-state index >= 15 is 0 Å². The lowest BCUT2D eigenvalue weighted by atomic mass is 9.88. The fourth-order valence-corrected chi connectivity index (χ4v) is 5.53. The number of alkyl halides is 3. The standard InChI is InChI=1S/C23H27F3N8O5/c24-23(25,26)12-3-1-2-11(8-12)6-7-29-21(38)39-14-10-34-20(28)30-13(9-33-15(35)4-5-16(33)36)17-22(34,18(14)37)32-19(27)31-17/h1-3,8,13-14,17-18,37H,4-7,9-10H2,(H2,28,30)(H,29,38)(H3,27,31,32)/t13-,14-,17?,18+,22?/m0/s1. The van der Waals surface area contributed by atoms with Gasteiger partial charge >= 0.3 is 12.3 Å². The fraction of sp³-hybridized carbons (Fsp3) is 0.522. The minimum absolute atomic E-state index is 0.0156. The molecule has 210 valence electrons. The van der Waals surface area contributed by atoms with E-state index < -0.39 is 47.8 Å². The number of halogens is 3. The summed E-state index contributed by atoms with van der Waals surface area (Å²) < 4.78 is 44.2. The highest BCUT2D eigenvalue weighted by Gasteiger charge is 2.66. The predicted molar refractivity (Wildman–Crippen MR) is 129 cm³/mol. The van der Waals surface area contributed by atoms with Gasteiger partial charge in [-0.25, -0.2) is 14.8 Å². The lowest BCUT2D eigenvalue weighted by Crippen LogP contribution is -2.73. The second kappa shape index (κ2) is 9.59. The molecule has 0 aliphatic carbocycles. The first kappa shape index (κ1) is 26.5. The van der Waals surface area contributed by atoms with E-state index in [9.17, 15) is 32.7 Å². The molecule has 39 heavy (non-hydrogen) atoms. The monoisotopic (exact) mass is 552 g/mol. The zero-order valence-electron chi connectivity index (χ0n) is 20.5. The summed E-state index contributed by atoms with van der Waals surface area (Å²) >= 11 is 0. The Balaban J connectivity index is 1.24. The molecule has 16 heteroatoms. The zero-order chi connectivity index (χ0) is 28.1. The summed E-state index contributed by atoms with van der Waals surface area (Å²) in [6.07, 6.45) is -7.58. The summed E-state index contributed by atoms with van der Waals surface area (Å²) in [5.41, 5.74) is 10.3. The molecule has 2 fully saturated rings. The maximum Gasteiger partial charge on any atom is 0.416 e. The summed E-state index contributed by atoms with van der Waals surface area (Å²) in [6, 6.07) is 3.09. The molecular weight excluding hydrogens is 525 g/mol. The van der Waals surface area contributed by atoms with E-state index in [4.69, 9.17) is 16.2 Å². The molecule has 2 unspecified atom stereocenters. The van der Waals surface area contributed by atoms with Gasteiger partial charge in [-0.3, -0.25) is 14.5 Å². The third-order valence-electron chi connectivity index (χ3n) is 7.33. The third kappa shape index (κ3) is 4.68. The van der Waals surface area contributed by atoms with E-state index in [0.29, 0.717) is 5.56 Å². The number of alkyl carbamates (subject to hydrolysis) is 1. The van der Waals surface area contributed by atoms with Gasteiger partial charge < -0.3 is 36.8 Å². The number of aliphatic hydroxyl groups excluding tert-OH is 1. The van der Waals surface area contributed by atoms with Crippen LogP contribution in [0.2, 0.25) is 0 Å². The van der Waals surface area contributed by atoms with Crippen molar-refractivity contribution in [1.82, 2.24) is 20.4 Å². The molecule has 4 heterocycles. The van der Waals surface area contributed by atoms with E-state index in [2.05, 4.69) is 20.6 Å². The first-order chi connectivity index (χ1) is 18.4. The quantitative estimate of drug-likeness (QED) is 0.272. The molecule has 0 saturated carbocycles. The van der Waals surface area contributed by atoms with Gasteiger partial charge in [-0.05, 0) is 18.1 Å². The average molecular weight is 553 g/mol. The van der Waals surface area contributed by atoms with Crippen LogP contribution >= 0.6 is 0 Å². The normalized spacial score (nSPS) is 29.9. The fourth-order valence-electron chi connectivity index (χ4n) is 5.53. The summed E-state index contributed by atoms with van der Waals surface area (Å²) in [5.74, 6) is -0.738. The number of carbonyl (C=O) groups excluding carboxylic acids is 3. The van der Waals surface area contributed by atoms with Crippen molar-refractivity contribution in [3.63, 3.8) is 0 Å². The first-order valence-electron chi connectivity index (χ1n) is 12.2. The Morgan fingerprint density at radius 3 is 2.64 bits per heavy atom. The molecule has 13 nitrogen and oxygen atoms in total. The van der Waals surface area contributed by atoms with E-state index in [-0.39, 0.29) is 62.6 Å². The minimum atomic E-state index is -4.48. The van der Waals surface area contributed by atoms with Gasteiger partial charge in [0.05, 0.1) is 24.7 Å². The molecule has 4 aliphatic rings. The number of ether oxygens (including phenoxy) is 1. The lowest BCUT2D eigenvalue weighted by molar-refractivity contribution is -0.139. The smallest absolute Gasteiger partial charge is 0.416 e. The number of nitrogens with two attached hydrogens (primary N) is 2. The number of imide groups is 1. The van der Waals surface area contributed by atoms with Crippen LogP contribution in [0.25, 0.3) is 0 Å². The summed E-state index contributed by atoms with van der Waals surface area (Å²) in [6.45, 7) is -0.193. The molecular formula is C23H27F3N8O5. The molecule has 0 radical (unpaired) electrons. The van der Waals surface area contributed by atoms with E-state index in [1.165, 1.54) is 17.0 Å². The second-order valence-electron chi connectivity index (χ2n) is 9.74. The third-order valence-corrected chi connectivity index (χ3v) is 7.33. The number of likely N-dealkylation sites (tertiary alicyclic amines) is 1. The number of amides is 3. The van der Waals surface area contributed by atoms with Gasteiger partial charge in [0.2, 0.25) is 11.8 Å². The van der Waals surface area contributed by atoms with E-state index in [0.717, 1.165) is 17.0 Å². The number of hydrogen-bond donors (Lipinski definition) is 5. The number of aliphatic hydroxyl groups is 1. The Labute approximate surface area is 220 Å². The predicted octanol–water partition coefficient (Wildman–Crippen LogP) is -1.15. The average Bonchev–Trinajstić information content (AvgIpc) is 3.48. The highest BCUT2D eigenvalue weighted by Crippen LogP contribution is 2.41. The van der Waals surface area contributed by atoms with Crippen molar-refractivity contribution in [3.8, 4) is 0 Å². The van der Waals surface area contributed by atoms with Crippen molar-refractivity contribution < 1.29 is 37.4 Å². The Morgan fingerprint density at radius 2 is 1.95 bits per heavy atom. The van der Waals surface area contributed by atoms with Crippen LogP contribution in [-0.4, -0.2) is 94.3 Å². The van der Waals surface area contributed by atoms with Gasteiger partial charge in [0.1, 0.15) is 12.1 Å².